The van der Waals surface area contributed by atoms with E-state index in [4.69, 9.17) is 0 Å². The van der Waals surface area contributed by atoms with Crippen LogP contribution in [0.15, 0.2) is 12.4 Å². The summed E-state index contributed by atoms with van der Waals surface area (Å²) in [5.74, 6) is 1.02. The standard InChI is InChI=1S/C14H25N3O/c1-3-16-9-5-6-14(18,7-10-16)12-13-15-8-11-17(13)4-2/h8,11,18H,3-7,9-10,12H2,1-2H3. The summed E-state index contributed by atoms with van der Waals surface area (Å²) in [6.07, 6.45) is 7.34. The van der Waals surface area contributed by atoms with Crippen molar-refractivity contribution >= 4 is 0 Å². The van der Waals surface area contributed by atoms with E-state index in [2.05, 4.69) is 28.3 Å². The summed E-state index contributed by atoms with van der Waals surface area (Å²) in [5, 5.41) is 10.8. The van der Waals surface area contributed by atoms with Crippen LogP contribution >= 0.6 is 0 Å². The smallest absolute Gasteiger partial charge is 0.111 e. The van der Waals surface area contributed by atoms with Crippen molar-refractivity contribution in [2.24, 2.45) is 0 Å². The van der Waals surface area contributed by atoms with Crippen LogP contribution in [0, 0.1) is 0 Å². The summed E-state index contributed by atoms with van der Waals surface area (Å²) in [6.45, 7) is 8.42. The van der Waals surface area contributed by atoms with E-state index in [0.717, 1.165) is 51.3 Å². The van der Waals surface area contributed by atoms with Crippen molar-refractivity contribution in [2.75, 3.05) is 19.6 Å². The van der Waals surface area contributed by atoms with Crippen molar-refractivity contribution in [1.29, 1.82) is 0 Å². The first kappa shape index (κ1) is 13.6. The van der Waals surface area contributed by atoms with Gasteiger partial charge in [-0.1, -0.05) is 6.92 Å². The number of likely N-dealkylation sites (tertiary alicyclic amines) is 1. The van der Waals surface area contributed by atoms with Crippen LogP contribution in [-0.4, -0.2) is 44.8 Å². The fourth-order valence-corrected chi connectivity index (χ4v) is 2.82. The molecule has 1 aromatic heterocycles. The molecule has 102 valence electrons. The second-order valence-electron chi connectivity index (χ2n) is 5.32. The number of hydrogen-bond acceptors (Lipinski definition) is 3. The van der Waals surface area contributed by atoms with Gasteiger partial charge in [0, 0.05) is 31.9 Å². The molecule has 0 saturated carbocycles. The molecule has 1 aromatic rings. The Balaban J connectivity index is 2.03. The third kappa shape index (κ3) is 3.12. The van der Waals surface area contributed by atoms with E-state index in [0.29, 0.717) is 6.42 Å². The molecule has 1 saturated heterocycles. The zero-order valence-corrected chi connectivity index (χ0v) is 11.6. The molecule has 4 nitrogen and oxygen atoms in total. The van der Waals surface area contributed by atoms with Crippen molar-refractivity contribution in [2.45, 2.75) is 51.7 Å². The normalized spacial score (nSPS) is 26.2. The lowest BCUT2D eigenvalue weighted by Gasteiger charge is -2.26. The van der Waals surface area contributed by atoms with E-state index in [9.17, 15) is 5.11 Å². The largest absolute Gasteiger partial charge is 0.389 e. The summed E-state index contributed by atoms with van der Waals surface area (Å²) in [6, 6.07) is 0. The first-order valence-corrected chi connectivity index (χ1v) is 7.11. The second-order valence-corrected chi connectivity index (χ2v) is 5.32. The van der Waals surface area contributed by atoms with Crippen LogP contribution in [-0.2, 0) is 13.0 Å². The SMILES string of the molecule is CCN1CCCC(O)(Cc2nccn2CC)CC1. The summed E-state index contributed by atoms with van der Waals surface area (Å²) in [5.41, 5.74) is -0.567. The zero-order valence-electron chi connectivity index (χ0n) is 11.6. The van der Waals surface area contributed by atoms with Gasteiger partial charge in [0.25, 0.3) is 0 Å². The number of aromatic nitrogens is 2. The molecule has 1 atom stereocenters. The van der Waals surface area contributed by atoms with Gasteiger partial charge in [0.05, 0.1) is 5.60 Å². The van der Waals surface area contributed by atoms with Crippen molar-refractivity contribution in [3.63, 3.8) is 0 Å². The molecule has 1 N–H and O–H groups in total. The molecule has 2 rings (SSSR count). The van der Waals surface area contributed by atoms with Gasteiger partial charge < -0.3 is 14.6 Å². The summed E-state index contributed by atoms with van der Waals surface area (Å²) < 4.78 is 2.13. The number of imidazole rings is 1. The highest BCUT2D eigenvalue weighted by atomic mass is 16.3. The average molecular weight is 251 g/mol. The van der Waals surface area contributed by atoms with Crippen molar-refractivity contribution in [3.05, 3.63) is 18.2 Å². The highest BCUT2D eigenvalue weighted by Crippen LogP contribution is 2.26. The molecule has 1 aliphatic rings. The molecule has 2 heterocycles. The second kappa shape index (κ2) is 5.85. The number of rotatable bonds is 4. The van der Waals surface area contributed by atoms with Crippen LogP contribution in [0.1, 0.15) is 38.9 Å². The number of aliphatic hydroxyl groups is 1. The van der Waals surface area contributed by atoms with E-state index < -0.39 is 5.60 Å². The van der Waals surface area contributed by atoms with Crippen LogP contribution in [0.2, 0.25) is 0 Å². The van der Waals surface area contributed by atoms with E-state index in [1.54, 1.807) is 0 Å². The van der Waals surface area contributed by atoms with E-state index >= 15 is 0 Å². The maximum Gasteiger partial charge on any atom is 0.111 e. The van der Waals surface area contributed by atoms with Gasteiger partial charge in [-0.3, -0.25) is 0 Å². The highest BCUT2D eigenvalue weighted by Gasteiger charge is 2.31. The summed E-state index contributed by atoms with van der Waals surface area (Å²) in [4.78, 5) is 6.81. The third-order valence-electron chi connectivity index (χ3n) is 4.09. The minimum absolute atomic E-state index is 0.567. The van der Waals surface area contributed by atoms with E-state index in [1.807, 2.05) is 12.4 Å². The fourth-order valence-electron chi connectivity index (χ4n) is 2.82. The van der Waals surface area contributed by atoms with Gasteiger partial charge in [-0.15, -0.1) is 0 Å². The Labute approximate surface area is 110 Å². The maximum absolute atomic E-state index is 10.8. The van der Waals surface area contributed by atoms with Crippen LogP contribution in [0.5, 0.6) is 0 Å². The third-order valence-corrected chi connectivity index (χ3v) is 4.09. The molecule has 0 aromatic carbocycles. The van der Waals surface area contributed by atoms with Gasteiger partial charge in [0.1, 0.15) is 5.82 Å². The molecule has 0 radical (unpaired) electrons. The topological polar surface area (TPSA) is 41.3 Å². The van der Waals surface area contributed by atoms with Gasteiger partial charge in [-0.05, 0) is 39.3 Å². The monoisotopic (exact) mass is 251 g/mol. The average Bonchev–Trinajstić information content (AvgIpc) is 2.71. The quantitative estimate of drug-likeness (QED) is 0.885. The Bertz CT molecular complexity index is 377. The van der Waals surface area contributed by atoms with Crippen molar-refractivity contribution < 1.29 is 5.11 Å². The van der Waals surface area contributed by atoms with Gasteiger partial charge in [0.15, 0.2) is 0 Å². The van der Waals surface area contributed by atoms with Gasteiger partial charge in [-0.2, -0.15) is 0 Å². The van der Waals surface area contributed by atoms with E-state index in [1.165, 1.54) is 0 Å². The molecular formula is C14H25N3O. The summed E-state index contributed by atoms with van der Waals surface area (Å²) in [7, 11) is 0. The Hall–Kier alpha value is -0.870. The zero-order chi connectivity index (χ0) is 13.0. The molecule has 4 heteroatoms. The predicted molar refractivity (Wildman–Crippen MR) is 72.5 cm³/mol. The minimum Gasteiger partial charge on any atom is -0.389 e. The Kier molecular flexibility index (Phi) is 4.40. The van der Waals surface area contributed by atoms with E-state index in [-0.39, 0.29) is 0 Å². The molecular weight excluding hydrogens is 226 g/mol. The number of aryl methyl sites for hydroxylation is 1. The molecule has 0 spiro atoms. The van der Waals surface area contributed by atoms with Crippen LogP contribution < -0.4 is 0 Å². The minimum atomic E-state index is -0.567. The molecule has 1 aliphatic heterocycles. The number of nitrogens with zero attached hydrogens (tertiary/aromatic N) is 3. The first-order valence-electron chi connectivity index (χ1n) is 7.11. The van der Waals surface area contributed by atoms with Gasteiger partial charge >= 0.3 is 0 Å². The van der Waals surface area contributed by atoms with Crippen LogP contribution in [0.3, 0.4) is 0 Å². The van der Waals surface area contributed by atoms with Crippen LogP contribution in [0.4, 0.5) is 0 Å². The molecule has 1 unspecified atom stereocenters. The molecule has 0 bridgehead atoms. The number of hydrogen-bond donors (Lipinski definition) is 1. The lowest BCUT2D eigenvalue weighted by Crippen LogP contribution is -2.34. The van der Waals surface area contributed by atoms with Crippen molar-refractivity contribution in [1.82, 2.24) is 14.5 Å². The Morgan fingerprint density at radius 1 is 1.28 bits per heavy atom. The van der Waals surface area contributed by atoms with Gasteiger partial charge in [0.2, 0.25) is 0 Å². The first-order chi connectivity index (χ1) is 8.67. The highest BCUT2D eigenvalue weighted by molar-refractivity contribution is 4.99. The van der Waals surface area contributed by atoms with Crippen molar-refractivity contribution in [3.8, 4) is 0 Å². The molecule has 0 amide bonds. The maximum atomic E-state index is 10.8. The molecule has 0 aliphatic carbocycles. The lowest BCUT2D eigenvalue weighted by atomic mass is 9.91. The predicted octanol–water partition coefficient (Wildman–Crippen LogP) is 1.68. The summed E-state index contributed by atoms with van der Waals surface area (Å²) >= 11 is 0. The molecule has 18 heavy (non-hydrogen) atoms. The fraction of sp³-hybridized carbons (Fsp3) is 0.786. The van der Waals surface area contributed by atoms with Gasteiger partial charge in [-0.25, -0.2) is 4.98 Å². The van der Waals surface area contributed by atoms with Crippen LogP contribution in [0.25, 0.3) is 0 Å². The Morgan fingerprint density at radius 2 is 2.11 bits per heavy atom. The lowest BCUT2D eigenvalue weighted by molar-refractivity contribution is 0.0232. The Morgan fingerprint density at radius 3 is 2.83 bits per heavy atom. The molecule has 1 fully saturated rings.